The van der Waals surface area contributed by atoms with Crippen LogP contribution in [0.1, 0.15) is 0 Å². The van der Waals surface area contributed by atoms with Gasteiger partial charge in [0.1, 0.15) is 0 Å². The van der Waals surface area contributed by atoms with Gasteiger partial charge in [-0.05, 0) is 0 Å². The van der Waals surface area contributed by atoms with Gasteiger partial charge in [0.05, 0.1) is 0 Å². The zero-order valence-corrected chi connectivity index (χ0v) is 13.4. The van der Waals surface area contributed by atoms with Gasteiger partial charge in [-0.1, -0.05) is 0 Å². The fourth-order valence-corrected chi connectivity index (χ4v) is 0. The maximum Gasteiger partial charge on any atom is 2.00 e. The van der Waals surface area contributed by atoms with E-state index in [1.165, 1.54) is 0 Å². The predicted molar refractivity (Wildman–Crippen MR) is 22.6 cm³/mol. The van der Waals surface area contributed by atoms with E-state index in [0.717, 1.165) is 0 Å². The molecule has 0 fully saturated rings. The van der Waals surface area contributed by atoms with Crippen LogP contribution in [0.3, 0.4) is 0 Å². The summed E-state index contributed by atoms with van der Waals surface area (Å²) in [4.78, 5) is 0. The molecule has 0 aromatic carbocycles. The fourth-order valence-electron chi connectivity index (χ4n) is 0. The van der Waals surface area contributed by atoms with Gasteiger partial charge in [0, 0.05) is 54.6 Å². The molecule has 0 rings (SSSR count). The number of hydrogen-bond acceptors (Lipinski definition) is 2. The summed E-state index contributed by atoms with van der Waals surface area (Å²) >= 11 is 0. The average molecular weight is 538 g/mol. The molecule has 7 heavy (non-hydrogen) atoms. The Morgan fingerprint density at radius 3 is 0.571 bits per heavy atom. The van der Waals surface area contributed by atoms with Gasteiger partial charge in [0.25, 0.3) is 0 Å². The van der Waals surface area contributed by atoms with Crippen molar-refractivity contribution in [2.45, 2.75) is 0 Å². The monoisotopic (exact) mass is 539 g/mol. The van der Waals surface area contributed by atoms with Gasteiger partial charge in [-0.25, -0.2) is 0 Å². The van der Waals surface area contributed by atoms with Crippen molar-refractivity contribution in [1.82, 2.24) is 0 Å². The van der Waals surface area contributed by atoms with Crippen LogP contribution in [0.4, 0.5) is 0 Å². The van der Waals surface area contributed by atoms with Crippen molar-refractivity contribution in [1.29, 1.82) is 0 Å². The summed E-state index contributed by atoms with van der Waals surface area (Å²) in [7, 11) is 0. The van der Waals surface area contributed by atoms with Crippen molar-refractivity contribution in [3.63, 3.8) is 0 Å². The summed E-state index contributed by atoms with van der Waals surface area (Å²) in [5.74, 6) is 0. The minimum atomic E-state index is 0. The molecule has 0 aromatic heterocycles. The molecule has 0 aliphatic carbocycles. The van der Waals surface area contributed by atoms with Crippen LogP contribution >= 0.6 is 0 Å². The molecular weight excluding hydrogens is 532 g/mol. The zero-order chi connectivity index (χ0) is 0. The average Bonchev–Trinajstić information content (AvgIpc) is 0. The topological polar surface area (TPSA) is 123 Å². The second kappa shape index (κ2) is 88.2. The molecule has 0 amide bonds. The van der Waals surface area contributed by atoms with Crippen LogP contribution in [0.5, 0.6) is 0 Å². The Morgan fingerprint density at radius 1 is 0.571 bits per heavy atom. The van der Waals surface area contributed by atoms with E-state index in [1.807, 2.05) is 0 Å². The third-order valence-corrected chi connectivity index (χ3v) is 0. The maximum atomic E-state index is 0. The van der Waals surface area contributed by atoms with Gasteiger partial charge < -0.3 is 21.9 Å². The van der Waals surface area contributed by atoms with Gasteiger partial charge in [0.2, 0.25) is 0 Å². The Morgan fingerprint density at radius 2 is 0.571 bits per heavy atom. The van der Waals surface area contributed by atoms with Gasteiger partial charge in [-0.3, -0.25) is 0 Å². The molecule has 0 saturated carbocycles. The smallest absolute Gasteiger partial charge is 0.870 e. The van der Waals surface area contributed by atoms with Crippen molar-refractivity contribution in [3.05, 3.63) is 0 Å². The largest absolute Gasteiger partial charge is 2.00 e. The second-order valence-corrected chi connectivity index (χ2v) is 0. The van der Waals surface area contributed by atoms with E-state index in [9.17, 15) is 0 Å². The molecule has 0 atom stereocenters. The van der Waals surface area contributed by atoms with Crippen LogP contribution in [-0.4, -0.2) is 76.5 Å². The Hall–Kier alpha value is 2.19. The third-order valence-electron chi connectivity index (χ3n) is 0. The summed E-state index contributed by atoms with van der Waals surface area (Å²) in [6.45, 7) is 0. The molecule has 0 saturated heterocycles. The molecular formula is H6CoO4Tl2. The molecule has 4 nitrogen and oxygen atoms in total. The van der Waals surface area contributed by atoms with E-state index < -0.39 is 0 Å². The summed E-state index contributed by atoms with van der Waals surface area (Å²) in [6.07, 6.45) is 0. The number of rotatable bonds is 0. The van der Waals surface area contributed by atoms with E-state index in [4.69, 9.17) is 0 Å². The van der Waals surface area contributed by atoms with Crippen LogP contribution in [0, 0.1) is 0 Å². The predicted octanol–water partition coefficient (Wildman–Crippen LogP) is -2.77. The minimum Gasteiger partial charge on any atom is -0.870 e. The summed E-state index contributed by atoms with van der Waals surface area (Å²) < 4.78 is 0. The molecule has 0 aliphatic heterocycles. The van der Waals surface area contributed by atoms with Gasteiger partial charge in [-0.15, -0.1) is 0 Å². The van der Waals surface area contributed by atoms with E-state index >= 15 is 0 Å². The van der Waals surface area contributed by atoms with Gasteiger partial charge >= 0.3 is 16.8 Å². The first-order valence-corrected chi connectivity index (χ1v) is 0. The molecule has 0 aromatic rings. The Kier molecular flexibility index (Phi) is 1620. The van der Waals surface area contributed by atoms with Gasteiger partial charge in [0.15, 0.2) is 0 Å². The Bertz CT molecular complexity index is 9.65. The molecule has 6 N–H and O–H groups in total. The fraction of sp³-hybridized carbons (Fsp3) is 0. The first kappa shape index (κ1) is 128. The van der Waals surface area contributed by atoms with E-state index in [0.29, 0.717) is 0 Å². The SMILES string of the molecule is O.O.[Co+2].[OH-].[OH-].[Tl].[Tl]. The molecule has 45 valence electrons. The standard InChI is InChI=1S/Co.4H2O.2Tl/h;4*1H2;;/q+2;;;;;;/p-2. The third kappa shape index (κ3) is 65.4. The first-order valence-electron chi connectivity index (χ1n) is 0. The van der Waals surface area contributed by atoms with Crippen LogP contribution in [0.25, 0.3) is 0 Å². The summed E-state index contributed by atoms with van der Waals surface area (Å²) in [6, 6.07) is 0. The van der Waals surface area contributed by atoms with Crippen molar-refractivity contribution >= 4 is 54.6 Å². The molecule has 0 spiro atoms. The normalized spacial score (nSPS) is 0. The molecule has 0 unspecified atom stereocenters. The van der Waals surface area contributed by atoms with Crippen LogP contribution in [0.2, 0.25) is 0 Å². The quantitative estimate of drug-likeness (QED) is 0.311. The maximum absolute atomic E-state index is 0. The Labute approximate surface area is 92.2 Å². The molecule has 0 aliphatic rings. The molecule has 3 radical (unpaired) electrons. The summed E-state index contributed by atoms with van der Waals surface area (Å²) in [5.41, 5.74) is 0. The van der Waals surface area contributed by atoms with Crippen molar-refractivity contribution in [2.75, 3.05) is 0 Å². The van der Waals surface area contributed by atoms with Crippen molar-refractivity contribution < 1.29 is 38.7 Å². The Balaban J connectivity index is 0. The molecule has 7 heteroatoms. The van der Waals surface area contributed by atoms with E-state index in [1.54, 1.807) is 0 Å². The van der Waals surface area contributed by atoms with Gasteiger partial charge in [-0.2, -0.15) is 0 Å². The molecule has 0 heterocycles. The van der Waals surface area contributed by atoms with Crippen LogP contribution < -0.4 is 0 Å². The first-order chi connectivity index (χ1) is 0. The zero-order valence-electron chi connectivity index (χ0n) is 3.38. The van der Waals surface area contributed by atoms with E-state index in [-0.39, 0.29) is 93.3 Å². The molecule has 0 bridgehead atoms. The van der Waals surface area contributed by atoms with Crippen molar-refractivity contribution in [2.24, 2.45) is 0 Å². The minimum absolute atomic E-state index is 0. The summed E-state index contributed by atoms with van der Waals surface area (Å²) in [5, 5.41) is 0. The van der Waals surface area contributed by atoms with Crippen LogP contribution in [0.15, 0.2) is 0 Å². The van der Waals surface area contributed by atoms with Crippen LogP contribution in [-0.2, 0) is 16.8 Å². The van der Waals surface area contributed by atoms with E-state index in [2.05, 4.69) is 0 Å². The second-order valence-electron chi connectivity index (χ2n) is 0. The van der Waals surface area contributed by atoms with Crippen molar-refractivity contribution in [3.8, 4) is 0 Å². The number of hydrogen-bond donors (Lipinski definition) is 0.